The fourth-order valence-electron chi connectivity index (χ4n) is 2.05. The molecule has 3 rings (SSSR count). The van der Waals surface area contributed by atoms with Gasteiger partial charge < -0.3 is 9.47 Å². The van der Waals surface area contributed by atoms with Crippen molar-refractivity contribution in [1.29, 1.82) is 0 Å². The maximum absolute atomic E-state index is 6.34. The Kier molecular flexibility index (Phi) is 2.97. The second-order valence-corrected chi connectivity index (χ2v) is 4.49. The zero-order chi connectivity index (χ0) is 12.5. The molecule has 0 bridgehead atoms. The number of methoxy groups -OCH3 is 1. The minimum atomic E-state index is 0.546. The Labute approximate surface area is 110 Å². The van der Waals surface area contributed by atoms with Gasteiger partial charge in [-0.2, -0.15) is 5.10 Å². The highest BCUT2D eigenvalue weighted by molar-refractivity contribution is 6.30. The van der Waals surface area contributed by atoms with E-state index in [0.29, 0.717) is 18.4 Å². The summed E-state index contributed by atoms with van der Waals surface area (Å²) in [6.45, 7) is 1.26. The predicted molar refractivity (Wildman–Crippen MR) is 68.5 cm³/mol. The number of hydrogen-bond acceptors (Lipinski definition) is 3. The molecule has 1 aliphatic rings. The topological polar surface area (TPSA) is 36.3 Å². The zero-order valence-corrected chi connectivity index (χ0v) is 10.8. The minimum Gasteiger partial charge on any atom is -0.497 e. The van der Waals surface area contributed by atoms with Crippen molar-refractivity contribution in [3.63, 3.8) is 0 Å². The number of fused-ring (bicyclic) bond motifs is 1. The van der Waals surface area contributed by atoms with E-state index in [-0.39, 0.29) is 0 Å². The molecule has 2 heterocycles. The lowest BCUT2D eigenvalue weighted by molar-refractivity contribution is 0.110. The fourth-order valence-corrected chi connectivity index (χ4v) is 2.35. The van der Waals surface area contributed by atoms with Crippen LogP contribution in [-0.4, -0.2) is 23.5 Å². The van der Waals surface area contributed by atoms with E-state index in [1.165, 1.54) is 0 Å². The lowest BCUT2D eigenvalue weighted by Crippen LogP contribution is -2.08. The SMILES string of the molecule is COc1ccc(-n2nc3c(c2Cl)COCC3)cc1. The van der Waals surface area contributed by atoms with E-state index in [9.17, 15) is 0 Å². The van der Waals surface area contributed by atoms with Crippen molar-refractivity contribution >= 4 is 11.6 Å². The summed E-state index contributed by atoms with van der Waals surface area (Å²) in [4.78, 5) is 0. The number of hydrogen-bond donors (Lipinski definition) is 0. The second kappa shape index (κ2) is 4.63. The van der Waals surface area contributed by atoms with Crippen molar-refractivity contribution < 1.29 is 9.47 Å². The molecule has 2 aromatic rings. The molecule has 5 heteroatoms. The molecule has 0 radical (unpaired) electrons. The third-order valence-corrected chi connectivity index (χ3v) is 3.44. The van der Waals surface area contributed by atoms with Crippen LogP contribution in [0, 0.1) is 0 Å². The molecule has 0 aliphatic carbocycles. The molecular weight excluding hydrogens is 252 g/mol. The third kappa shape index (κ3) is 1.87. The van der Waals surface area contributed by atoms with Crippen LogP contribution in [0.5, 0.6) is 5.75 Å². The zero-order valence-electron chi connectivity index (χ0n) is 10.0. The first kappa shape index (κ1) is 11.6. The summed E-state index contributed by atoms with van der Waals surface area (Å²) in [5.74, 6) is 0.815. The summed E-state index contributed by atoms with van der Waals surface area (Å²) in [5, 5.41) is 5.17. The molecule has 0 amide bonds. The van der Waals surface area contributed by atoms with Crippen LogP contribution >= 0.6 is 11.6 Å². The van der Waals surface area contributed by atoms with E-state index < -0.39 is 0 Å². The molecule has 4 nitrogen and oxygen atoms in total. The lowest BCUT2D eigenvalue weighted by Gasteiger charge is -2.09. The van der Waals surface area contributed by atoms with Crippen LogP contribution in [0.4, 0.5) is 0 Å². The van der Waals surface area contributed by atoms with E-state index in [4.69, 9.17) is 21.1 Å². The molecule has 1 aromatic heterocycles. The number of nitrogens with zero attached hydrogens (tertiary/aromatic N) is 2. The van der Waals surface area contributed by atoms with Gasteiger partial charge in [0.1, 0.15) is 10.9 Å². The van der Waals surface area contributed by atoms with Crippen molar-refractivity contribution in [1.82, 2.24) is 9.78 Å². The molecule has 0 N–H and O–H groups in total. The van der Waals surface area contributed by atoms with Gasteiger partial charge in [-0.1, -0.05) is 11.6 Å². The monoisotopic (exact) mass is 264 g/mol. The van der Waals surface area contributed by atoms with E-state index in [1.54, 1.807) is 11.8 Å². The Balaban J connectivity index is 2.02. The summed E-state index contributed by atoms with van der Waals surface area (Å²) in [6.07, 6.45) is 0.818. The molecule has 1 aromatic carbocycles. The van der Waals surface area contributed by atoms with Gasteiger partial charge >= 0.3 is 0 Å². The summed E-state index contributed by atoms with van der Waals surface area (Å²) in [6, 6.07) is 7.65. The third-order valence-electron chi connectivity index (χ3n) is 3.05. The van der Waals surface area contributed by atoms with Crippen LogP contribution in [0.1, 0.15) is 11.3 Å². The van der Waals surface area contributed by atoms with Crippen LogP contribution in [0.25, 0.3) is 5.69 Å². The van der Waals surface area contributed by atoms with Gasteiger partial charge in [0.15, 0.2) is 0 Å². The van der Waals surface area contributed by atoms with Crippen LogP contribution in [0.3, 0.4) is 0 Å². The molecule has 18 heavy (non-hydrogen) atoms. The summed E-state index contributed by atoms with van der Waals surface area (Å²) < 4.78 is 12.3. The highest BCUT2D eigenvalue weighted by Crippen LogP contribution is 2.27. The normalized spacial score (nSPS) is 14.3. The van der Waals surface area contributed by atoms with Crippen molar-refractivity contribution in [2.75, 3.05) is 13.7 Å². The molecule has 0 saturated carbocycles. The Hall–Kier alpha value is -1.52. The lowest BCUT2D eigenvalue weighted by atomic mass is 10.2. The first-order chi connectivity index (χ1) is 8.79. The molecular formula is C13H13ClN2O2. The smallest absolute Gasteiger partial charge is 0.138 e. The Bertz CT molecular complexity index is 563. The van der Waals surface area contributed by atoms with Gasteiger partial charge in [0.05, 0.1) is 31.7 Å². The van der Waals surface area contributed by atoms with Gasteiger partial charge in [-0.15, -0.1) is 0 Å². The molecule has 94 valence electrons. The van der Waals surface area contributed by atoms with E-state index >= 15 is 0 Å². The molecule has 0 atom stereocenters. The van der Waals surface area contributed by atoms with Gasteiger partial charge in [-0.25, -0.2) is 4.68 Å². The maximum atomic E-state index is 6.34. The van der Waals surface area contributed by atoms with Gasteiger partial charge in [-0.05, 0) is 24.3 Å². The number of aromatic nitrogens is 2. The Morgan fingerprint density at radius 1 is 1.33 bits per heavy atom. The Morgan fingerprint density at radius 2 is 2.11 bits per heavy atom. The highest BCUT2D eigenvalue weighted by atomic mass is 35.5. The van der Waals surface area contributed by atoms with E-state index in [2.05, 4.69) is 5.10 Å². The molecule has 0 fully saturated rings. The maximum Gasteiger partial charge on any atom is 0.138 e. The van der Waals surface area contributed by atoms with Gasteiger partial charge in [0.2, 0.25) is 0 Å². The summed E-state index contributed by atoms with van der Waals surface area (Å²) >= 11 is 6.34. The predicted octanol–water partition coefficient (Wildman–Crippen LogP) is 2.61. The van der Waals surface area contributed by atoms with Crippen LogP contribution in [0.15, 0.2) is 24.3 Å². The first-order valence-corrected chi connectivity index (χ1v) is 6.16. The Morgan fingerprint density at radius 3 is 2.78 bits per heavy atom. The number of benzene rings is 1. The van der Waals surface area contributed by atoms with Crippen LogP contribution in [-0.2, 0) is 17.8 Å². The van der Waals surface area contributed by atoms with Crippen molar-refractivity contribution in [2.45, 2.75) is 13.0 Å². The molecule has 1 aliphatic heterocycles. The highest BCUT2D eigenvalue weighted by Gasteiger charge is 2.20. The van der Waals surface area contributed by atoms with E-state index in [1.807, 2.05) is 24.3 Å². The number of halogens is 1. The van der Waals surface area contributed by atoms with Gasteiger partial charge in [-0.3, -0.25) is 0 Å². The summed E-state index contributed by atoms with van der Waals surface area (Å²) in [5.41, 5.74) is 2.95. The number of ether oxygens (including phenoxy) is 2. The fraction of sp³-hybridized carbons (Fsp3) is 0.308. The van der Waals surface area contributed by atoms with Gasteiger partial charge in [0, 0.05) is 12.0 Å². The van der Waals surface area contributed by atoms with Crippen molar-refractivity contribution in [2.24, 2.45) is 0 Å². The molecule has 0 spiro atoms. The van der Waals surface area contributed by atoms with Gasteiger partial charge in [0.25, 0.3) is 0 Å². The second-order valence-electron chi connectivity index (χ2n) is 4.13. The first-order valence-electron chi connectivity index (χ1n) is 5.78. The average Bonchev–Trinajstić information content (AvgIpc) is 2.77. The largest absolute Gasteiger partial charge is 0.497 e. The number of rotatable bonds is 2. The standard InChI is InChI=1S/C13H13ClN2O2/c1-17-10-4-2-9(3-5-10)16-13(14)11-8-18-7-6-12(11)15-16/h2-5H,6-8H2,1H3. The van der Waals surface area contributed by atoms with E-state index in [0.717, 1.165) is 29.1 Å². The quantitative estimate of drug-likeness (QED) is 0.837. The molecule has 0 saturated heterocycles. The van der Waals surface area contributed by atoms with Crippen molar-refractivity contribution in [3.05, 3.63) is 40.7 Å². The molecule has 0 unspecified atom stereocenters. The minimum absolute atomic E-state index is 0.546. The summed E-state index contributed by atoms with van der Waals surface area (Å²) in [7, 11) is 1.64. The average molecular weight is 265 g/mol. The van der Waals surface area contributed by atoms with Crippen LogP contribution < -0.4 is 4.74 Å². The van der Waals surface area contributed by atoms with Crippen molar-refractivity contribution in [3.8, 4) is 11.4 Å². The van der Waals surface area contributed by atoms with Crippen LogP contribution in [0.2, 0.25) is 5.15 Å².